The van der Waals surface area contributed by atoms with Gasteiger partial charge in [-0.2, -0.15) is 0 Å². The van der Waals surface area contributed by atoms with Gasteiger partial charge in [0, 0.05) is 6.61 Å². The number of fused-ring (bicyclic) bond motifs is 1. The zero-order valence-corrected chi connectivity index (χ0v) is 12.1. The molecule has 2 atom stereocenters. The molecule has 1 amide bonds. The van der Waals surface area contributed by atoms with Crippen molar-refractivity contribution in [3.05, 3.63) is 35.4 Å². The fourth-order valence-corrected chi connectivity index (χ4v) is 2.80. The van der Waals surface area contributed by atoms with Crippen LogP contribution in [0.4, 0.5) is 0 Å². The molecule has 20 heavy (non-hydrogen) atoms. The second-order valence-electron chi connectivity index (χ2n) is 5.25. The molecule has 4 heteroatoms. The van der Waals surface area contributed by atoms with E-state index in [9.17, 15) is 4.79 Å². The lowest BCUT2D eigenvalue weighted by Gasteiger charge is -2.26. The number of benzene rings is 1. The SMILES string of the molecule is CCNC(CCOC1CCCc2ccccc21)C(N)=O. The number of aryl methyl sites for hydroxylation is 1. The van der Waals surface area contributed by atoms with E-state index < -0.39 is 0 Å². The molecule has 1 aromatic carbocycles. The van der Waals surface area contributed by atoms with E-state index in [0.717, 1.165) is 25.8 Å². The summed E-state index contributed by atoms with van der Waals surface area (Å²) in [6.07, 6.45) is 4.14. The first-order chi connectivity index (χ1) is 9.72. The molecule has 0 fully saturated rings. The van der Waals surface area contributed by atoms with E-state index >= 15 is 0 Å². The molecule has 2 unspecified atom stereocenters. The third-order valence-corrected chi connectivity index (χ3v) is 3.83. The number of nitrogens with two attached hydrogens (primary N) is 1. The predicted octanol–water partition coefficient (Wildman–Crippen LogP) is 1.93. The van der Waals surface area contributed by atoms with E-state index in [1.165, 1.54) is 11.1 Å². The molecular weight excluding hydrogens is 252 g/mol. The van der Waals surface area contributed by atoms with Crippen LogP contribution in [-0.4, -0.2) is 25.1 Å². The molecule has 0 heterocycles. The summed E-state index contributed by atoms with van der Waals surface area (Å²) < 4.78 is 5.99. The van der Waals surface area contributed by atoms with Crippen LogP contribution in [0.25, 0.3) is 0 Å². The van der Waals surface area contributed by atoms with Gasteiger partial charge in [-0.1, -0.05) is 31.2 Å². The summed E-state index contributed by atoms with van der Waals surface area (Å²) >= 11 is 0. The van der Waals surface area contributed by atoms with E-state index in [2.05, 4.69) is 29.6 Å². The van der Waals surface area contributed by atoms with Crippen LogP contribution in [0.15, 0.2) is 24.3 Å². The molecule has 0 radical (unpaired) electrons. The molecule has 1 aromatic rings. The van der Waals surface area contributed by atoms with Gasteiger partial charge < -0.3 is 15.8 Å². The predicted molar refractivity (Wildman–Crippen MR) is 79.3 cm³/mol. The molecule has 1 aliphatic carbocycles. The highest BCUT2D eigenvalue weighted by Gasteiger charge is 2.21. The van der Waals surface area contributed by atoms with Crippen LogP contribution in [0.3, 0.4) is 0 Å². The van der Waals surface area contributed by atoms with Gasteiger partial charge in [-0.15, -0.1) is 0 Å². The largest absolute Gasteiger partial charge is 0.373 e. The Morgan fingerprint density at radius 1 is 1.50 bits per heavy atom. The lowest BCUT2D eigenvalue weighted by Crippen LogP contribution is -2.42. The third kappa shape index (κ3) is 3.81. The van der Waals surface area contributed by atoms with E-state index in [-0.39, 0.29) is 18.1 Å². The minimum Gasteiger partial charge on any atom is -0.373 e. The van der Waals surface area contributed by atoms with E-state index in [1.807, 2.05) is 6.92 Å². The molecule has 0 saturated heterocycles. The Balaban J connectivity index is 1.87. The summed E-state index contributed by atoms with van der Waals surface area (Å²) in [5.74, 6) is -0.306. The van der Waals surface area contributed by atoms with E-state index in [0.29, 0.717) is 13.0 Å². The first-order valence-electron chi connectivity index (χ1n) is 7.44. The van der Waals surface area contributed by atoms with Crippen LogP contribution in [0.2, 0.25) is 0 Å². The van der Waals surface area contributed by atoms with Gasteiger partial charge in [0.05, 0.1) is 12.1 Å². The van der Waals surface area contributed by atoms with Crippen molar-refractivity contribution in [2.24, 2.45) is 5.73 Å². The van der Waals surface area contributed by atoms with Crippen molar-refractivity contribution in [2.75, 3.05) is 13.2 Å². The van der Waals surface area contributed by atoms with Crippen LogP contribution in [-0.2, 0) is 16.0 Å². The summed E-state index contributed by atoms with van der Waals surface area (Å²) in [6, 6.07) is 8.17. The summed E-state index contributed by atoms with van der Waals surface area (Å²) in [4.78, 5) is 11.3. The van der Waals surface area contributed by atoms with Gasteiger partial charge >= 0.3 is 0 Å². The first-order valence-corrected chi connectivity index (χ1v) is 7.44. The number of carbonyl (C=O) groups is 1. The van der Waals surface area contributed by atoms with E-state index in [4.69, 9.17) is 10.5 Å². The fraction of sp³-hybridized carbons (Fsp3) is 0.562. The highest BCUT2D eigenvalue weighted by atomic mass is 16.5. The molecule has 4 nitrogen and oxygen atoms in total. The zero-order chi connectivity index (χ0) is 14.4. The quantitative estimate of drug-likeness (QED) is 0.800. The molecule has 2 rings (SSSR count). The molecular formula is C16H24N2O2. The minimum atomic E-state index is -0.306. The lowest BCUT2D eigenvalue weighted by molar-refractivity contribution is -0.120. The van der Waals surface area contributed by atoms with Gasteiger partial charge in [0.2, 0.25) is 5.91 Å². The second kappa shape index (κ2) is 7.41. The van der Waals surface area contributed by atoms with Crippen molar-refractivity contribution in [1.82, 2.24) is 5.32 Å². The Morgan fingerprint density at radius 3 is 3.05 bits per heavy atom. The number of carbonyl (C=O) groups excluding carboxylic acids is 1. The highest BCUT2D eigenvalue weighted by Crippen LogP contribution is 2.32. The van der Waals surface area contributed by atoms with E-state index in [1.54, 1.807) is 0 Å². The van der Waals surface area contributed by atoms with Gasteiger partial charge in [-0.3, -0.25) is 4.79 Å². The molecule has 0 aromatic heterocycles. The topological polar surface area (TPSA) is 64.3 Å². The number of amides is 1. The van der Waals surface area contributed by atoms with Crippen molar-refractivity contribution in [3.8, 4) is 0 Å². The van der Waals surface area contributed by atoms with Crippen molar-refractivity contribution in [1.29, 1.82) is 0 Å². The maximum atomic E-state index is 11.3. The normalized spacial score (nSPS) is 19.4. The van der Waals surface area contributed by atoms with Crippen LogP contribution in [0.5, 0.6) is 0 Å². The van der Waals surface area contributed by atoms with Gasteiger partial charge in [-0.05, 0) is 43.4 Å². The number of hydrogen-bond acceptors (Lipinski definition) is 3. The number of primary amides is 1. The highest BCUT2D eigenvalue weighted by molar-refractivity contribution is 5.79. The molecule has 0 aliphatic heterocycles. The van der Waals surface area contributed by atoms with Gasteiger partial charge in [0.25, 0.3) is 0 Å². The number of hydrogen-bond donors (Lipinski definition) is 2. The van der Waals surface area contributed by atoms with Gasteiger partial charge in [0.1, 0.15) is 0 Å². The Hall–Kier alpha value is -1.39. The van der Waals surface area contributed by atoms with Gasteiger partial charge in [-0.25, -0.2) is 0 Å². The second-order valence-corrected chi connectivity index (χ2v) is 5.25. The first kappa shape index (κ1) is 15.0. The standard InChI is InChI=1S/C16H24N2O2/c1-2-18-14(16(17)19)10-11-20-15-9-5-7-12-6-3-4-8-13(12)15/h3-4,6,8,14-15,18H,2,5,7,9-11H2,1H3,(H2,17,19). The van der Waals surface area contributed by atoms with Crippen LogP contribution >= 0.6 is 0 Å². The molecule has 110 valence electrons. The molecule has 0 saturated carbocycles. The summed E-state index contributed by atoms with van der Waals surface area (Å²) in [6.45, 7) is 3.26. The maximum Gasteiger partial charge on any atom is 0.234 e. The van der Waals surface area contributed by atoms with Crippen LogP contribution in [0, 0.1) is 0 Å². The van der Waals surface area contributed by atoms with Crippen LogP contribution < -0.4 is 11.1 Å². The Morgan fingerprint density at radius 2 is 2.30 bits per heavy atom. The summed E-state index contributed by atoms with van der Waals surface area (Å²) in [5, 5.41) is 3.08. The Labute approximate surface area is 120 Å². The zero-order valence-electron chi connectivity index (χ0n) is 12.1. The van der Waals surface area contributed by atoms with Gasteiger partial charge in [0.15, 0.2) is 0 Å². The monoisotopic (exact) mass is 276 g/mol. The Kier molecular flexibility index (Phi) is 5.56. The molecule has 0 bridgehead atoms. The molecule has 0 spiro atoms. The summed E-state index contributed by atoms with van der Waals surface area (Å²) in [7, 11) is 0. The van der Waals surface area contributed by atoms with Crippen molar-refractivity contribution in [3.63, 3.8) is 0 Å². The number of nitrogens with one attached hydrogen (secondary N) is 1. The number of ether oxygens (including phenoxy) is 1. The van der Waals surface area contributed by atoms with Crippen molar-refractivity contribution in [2.45, 2.75) is 44.8 Å². The average Bonchev–Trinajstić information content (AvgIpc) is 2.46. The molecule has 3 N–H and O–H groups in total. The van der Waals surface area contributed by atoms with Crippen molar-refractivity contribution < 1.29 is 9.53 Å². The lowest BCUT2D eigenvalue weighted by atomic mass is 9.89. The maximum absolute atomic E-state index is 11.3. The molecule has 1 aliphatic rings. The van der Waals surface area contributed by atoms with Crippen molar-refractivity contribution >= 4 is 5.91 Å². The Bertz CT molecular complexity index is 448. The third-order valence-electron chi connectivity index (χ3n) is 3.83. The summed E-state index contributed by atoms with van der Waals surface area (Å²) in [5.41, 5.74) is 8.06. The smallest absolute Gasteiger partial charge is 0.234 e. The van der Waals surface area contributed by atoms with Crippen LogP contribution in [0.1, 0.15) is 43.4 Å². The number of likely N-dealkylation sites (N-methyl/N-ethyl adjacent to an activating group) is 1. The average molecular weight is 276 g/mol. The minimum absolute atomic E-state index is 0.162. The number of rotatable bonds is 7. The fourth-order valence-electron chi connectivity index (χ4n) is 2.80.